The van der Waals surface area contributed by atoms with E-state index < -0.39 is 0 Å². The quantitative estimate of drug-likeness (QED) is 0.721. The van der Waals surface area contributed by atoms with Gasteiger partial charge in [-0.1, -0.05) is 24.3 Å². The van der Waals surface area contributed by atoms with Gasteiger partial charge < -0.3 is 0 Å². The molecule has 1 aliphatic rings. The maximum atomic E-state index is 12.1. The van der Waals surface area contributed by atoms with Crippen LogP contribution in [0.3, 0.4) is 0 Å². The Morgan fingerprint density at radius 2 is 1.81 bits per heavy atom. The minimum atomic E-state index is -0.0192. The second-order valence-corrected chi connectivity index (χ2v) is 3.58. The van der Waals surface area contributed by atoms with E-state index in [1.165, 1.54) is 0 Å². The number of amides is 1. The number of benzene rings is 1. The molecule has 0 atom stereocenters. The van der Waals surface area contributed by atoms with Crippen molar-refractivity contribution in [3.05, 3.63) is 66.3 Å². The lowest BCUT2D eigenvalue weighted by Crippen LogP contribution is -2.22. The molecule has 16 heavy (non-hydrogen) atoms. The van der Waals surface area contributed by atoms with Crippen LogP contribution in [0.1, 0.15) is 15.9 Å². The van der Waals surface area contributed by atoms with E-state index in [1.807, 2.05) is 49.0 Å². The Morgan fingerprint density at radius 1 is 1.00 bits per heavy atom. The van der Waals surface area contributed by atoms with Gasteiger partial charge >= 0.3 is 0 Å². The van der Waals surface area contributed by atoms with Crippen molar-refractivity contribution in [2.24, 2.45) is 0 Å². The highest BCUT2D eigenvalue weighted by Crippen LogP contribution is 2.27. The minimum Gasteiger partial charge on any atom is -0.283 e. The Labute approximate surface area is 93.4 Å². The molecule has 1 amide bonds. The summed E-state index contributed by atoms with van der Waals surface area (Å²) in [5, 5.41) is 0. The van der Waals surface area contributed by atoms with Gasteiger partial charge in [-0.25, -0.2) is 4.98 Å². The van der Waals surface area contributed by atoms with Crippen LogP contribution in [0, 0.1) is 6.54 Å². The molecule has 0 unspecified atom stereocenters. The summed E-state index contributed by atoms with van der Waals surface area (Å²) in [6.45, 7) is 1.82. The van der Waals surface area contributed by atoms with E-state index in [4.69, 9.17) is 0 Å². The van der Waals surface area contributed by atoms with E-state index in [9.17, 15) is 4.79 Å². The van der Waals surface area contributed by atoms with Gasteiger partial charge in [-0.15, -0.1) is 0 Å². The maximum Gasteiger partial charge on any atom is 0.260 e. The number of aromatic nitrogens is 1. The van der Waals surface area contributed by atoms with Crippen LogP contribution in [0.2, 0.25) is 0 Å². The second kappa shape index (κ2) is 3.45. The van der Waals surface area contributed by atoms with E-state index in [0.717, 1.165) is 11.1 Å². The van der Waals surface area contributed by atoms with Gasteiger partial charge in [-0.2, -0.15) is 0 Å². The first-order valence-electron chi connectivity index (χ1n) is 5.05. The molecule has 0 saturated carbocycles. The predicted molar refractivity (Wildman–Crippen MR) is 60.9 cm³/mol. The van der Waals surface area contributed by atoms with Crippen molar-refractivity contribution in [1.82, 2.24) is 4.98 Å². The Hall–Kier alpha value is -2.16. The number of fused-ring (bicyclic) bond motifs is 1. The first-order valence-corrected chi connectivity index (χ1v) is 5.05. The molecule has 0 aliphatic carbocycles. The summed E-state index contributed by atoms with van der Waals surface area (Å²) in [5.74, 6) is 0.637. The van der Waals surface area contributed by atoms with Crippen LogP contribution in [0.5, 0.6) is 0 Å². The molecule has 1 radical (unpaired) electrons. The highest BCUT2D eigenvalue weighted by molar-refractivity contribution is 6.11. The summed E-state index contributed by atoms with van der Waals surface area (Å²) in [4.78, 5) is 17.8. The zero-order valence-electron chi connectivity index (χ0n) is 8.50. The fourth-order valence-corrected chi connectivity index (χ4v) is 1.80. The number of carbonyl (C=O) groups is 1. The third-order valence-corrected chi connectivity index (χ3v) is 2.57. The van der Waals surface area contributed by atoms with Crippen LogP contribution >= 0.6 is 0 Å². The van der Waals surface area contributed by atoms with Gasteiger partial charge in [0.2, 0.25) is 0 Å². The standard InChI is InChI=1S/C13H9N2O/c16-13-11-6-2-1-5-10(11)9-15(13)12-7-3-4-8-14-12/h1-9H. The number of rotatable bonds is 1. The summed E-state index contributed by atoms with van der Waals surface area (Å²) >= 11 is 0. The fourth-order valence-electron chi connectivity index (χ4n) is 1.80. The minimum absolute atomic E-state index is 0.0192. The Bertz CT molecular complexity index is 537. The molecule has 0 saturated heterocycles. The van der Waals surface area contributed by atoms with Crippen LogP contribution in [-0.4, -0.2) is 10.9 Å². The number of nitrogens with zero attached hydrogens (tertiary/aromatic N) is 2. The molecule has 1 aliphatic heterocycles. The number of carbonyl (C=O) groups excluding carboxylic acids is 1. The van der Waals surface area contributed by atoms with Crippen molar-refractivity contribution in [2.75, 3.05) is 4.90 Å². The second-order valence-electron chi connectivity index (χ2n) is 3.58. The predicted octanol–water partition coefficient (Wildman–Crippen LogP) is 2.25. The molecule has 0 fully saturated rings. The number of pyridine rings is 1. The van der Waals surface area contributed by atoms with Crippen molar-refractivity contribution in [3.63, 3.8) is 0 Å². The Balaban J connectivity index is 2.02. The number of anilines is 1. The van der Waals surface area contributed by atoms with Crippen LogP contribution in [-0.2, 0) is 0 Å². The summed E-state index contributed by atoms with van der Waals surface area (Å²) in [7, 11) is 0. The summed E-state index contributed by atoms with van der Waals surface area (Å²) < 4.78 is 0. The zero-order valence-corrected chi connectivity index (χ0v) is 8.50. The van der Waals surface area contributed by atoms with Gasteiger partial charge in [0.25, 0.3) is 5.91 Å². The van der Waals surface area contributed by atoms with Crippen molar-refractivity contribution in [1.29, 1.82) is 0 Å². The third kappa shape index (κ3) is 1.29. The van der Waals surface area contributed by atoms with Crippen molar-refractivity contribution < 1.29 is 4.79 Å². The van der Waals surface area contributed by atoms with E-state index in [2.05, 4.69) is 4.98 Å². The molecule has 3 heteroatoms. The highest BCUT2D eigenvalue weighted by atomic mass is 16.2. The number of hydrogen-bond acceptors (Lipinski definition) is 2. The average molecular weight is 209 g/mol. The molecule has 77 valence electrons. The SMILES string of the molecule is O=C1c2ccccc2[CH]N1c1ccccn1. The van der Waals surface area contributed by atoms with Gasteiger partial charge in [-0.05, 0) is 23.8 Å². The van der Waals surface area contributed by atoms with Crippen LogP contribution < -0.4 is 4.90 Å². The zero-order chi connectivity index (χ0) is 11.0. The Kier molecular flexibility index (Phi) is 1.96. The van der Waals surface area contributed by atoms with Crippen LogP contribution in [0.4, 0.5) is 5.82 Å². The molecule has 0 N–H and O–H groups in total. The van der Waals surface area contributed by atoms with Gasteiger partial charge in [0, 0.05) is 11.8 Å². The van der Waals surface area contributed by atoms with Crippen molar-refractivity contribution in [3.8, 4) is 0 Å². The molecule has 3 nitrogen and oxygen atoms in total. The monoisotopic (exact) mass is 209 g/mol. The van der Waals surface area contributed by atoms with E-state index in [-0.39, 0.29) is 5.91 Å². The maximum absolute atomic E-state index is 12.1. The lowest BCUT2D eigenvalue weighted by Gasteiger charge is -2.12. The summed E-state index contributed by atoms with van der Waals surface area (Å²) in [5.41, 5.74) is 1.67. The van der Waals surface area contributed by atoms with Crippen LogP contribution in [0.15, 0.2) is 48.7 Å². The third-order valence-electron chi connectivity index (χ3n) is 2.57. The average Bonchev–Trinajstić information content (AvgIpc) is 2.69. The van der Waals surface area contributed by atoms with Gasteiger partial charge in [0.1, 0.15) is 5.82 Å². The molecular formula is C13H9N2O. The van der Waals surface area contributed by atoms with Crippen LogP contribution in [0.25, 0.3) is 0 Å². The molecule has 0 spiro atoms. The molecule has 3 rings (SSSR count). The van der Waals surface area contributed by atoms with E-state index in [1.54, 1.807) is 11.1 Å². The molecule has 2 heterocycles. The van der Waals surface area contributed by atoms with Gasteiger partial charge in [0.15, 0.2) is 0 Å². The van der Waals surface area contributed by atoms with Gasteiger partial charge in [-0.3, -0.25) is 9.69 Å². The largest absolute Gasteiger partial charge is 0.283 e. The lowest BCUT2D eigenvalue weighted by atomic mass is 10.1. The smallest absolute Gasteiger partial charge is 0.260 e. The van der Waals surface area contributed by atoms with Gasteiger partial charge in [0.05, 0.1) is 6.54 Å². The summed E-state index contributed by atoms with van der Waals surface area (Å²) in [6.07, 6.45) is 1.68. The van der Waals surface area contributed by atoms with E-state index >= 15 is 0 Å². The molecule has 1 aromatic carbocycles. The van der Waals surface area contributed by atoms with Crippen molar-refractivity contribution >= 4 is 11.7 Å². The first-order chi connectivity index (χ1) is 7.86. The molecule has 1 aromatic heterocycles. The van der Waals surface area contributed by atoms with Crippen molar-refractivity contribution in [2.45, 2.75) is 0 Å². The fraction of sp³-hybridized carbons (Fsp3) is 0. The molecule has 2 aromatic rings. The molecule has 0 bridgehead atoms. The molecular weight excluding hydrogens is 200 g/mol. The van der Waals surface area contributed by atoms with E-state index in [0.29, 0.717) is 5.82 Å². The normalized spacial score (nSPS) is 14.0. The number of hydrogen-bond donors (Lipinski definition) is 0. The first kappa shape index (κ1) is 9.09. The highest BCUT2D eigenvalue weighted by Gasteiger charge is 2.28. The lowest BCUT2D eigenvalue weighted by molar-refractivity contribution is 0.100. The Morgan fingerprint density at radius 3 is 2.56 bits per heavy atom. The topological polar surface area (TPSA) is 33.2 Å². The summed E-state index contributed by atoms with van der Waals surface area (Å²) in [6, 6.07) is 13.1.